The number of rotatable bonds is 4. The maximum atomic E-state index is 10.9. The Kier molecular flexibility index (Phi) is 3.66. The van der Waals surface area contributed by atoms with Gasteiger partial charge in [0.1, 0.15) is 11.6 Å². The summed E-state index contributed by atoms with van der Waals surface area (Å²) < 4.78 is 1.70. The number of hydrogen-bond acceptors (Lipinski definition) is 5. The Labute approximate surface area is 115 Å². The maximum absolute atomic E-state index is 10.9. The van der Waals surface area contributed by atoms with Crippen LogP contribution in [0.5, 0.6) is 0 Å². The van der Waals surface area contributed by atoms with Crippen molar-refractivity contribution >= 4 is 11.4 Å². The molecule has 0 fully saturated rings. The zero-order valence-corrected chi connectivity index (χ0v) is 11.1. The molecule has 0 aliphatic carbocycles. The smallest absolute Gasteiger partial charge is 0.289 e. The Morgan fingerprint density at radius 2 is 2.30 bits per heavy atom. The van der Waals surface area contributed by atoms with E-state index in [2.05, 4.69) is 5.10 Å². The normalized spacial score (nSPS) is 10.1. The van der Waals surface area contributed by atoms with Crippen LogP contribution in [0.25, 0.3) is 0 Å². The second-order valence-corrected chi connectivity index (χ2v) is 4.45. The second-order valence-electron chi connectivity index (χ2n) is 4.45. The van der Waals surface area contributed by atoms with E-state index in [9.17, 15) is 10.1 Å². The molecular weight excluding hydrogens is 258 g/mol. The van der Waals surface area contributed by atoms with Gasteiger partial charge < -0.3 is 4.90 Å². The van der Waals surface area contributed by atoms with E-state index in [1.807, 2.05) is 31.3 Å². The van der Waals surface area contributed by atoms with Gasteiger partial charge in [-0.3, -0.25) is 14.8 Å². The molecule has 0 aliphatic rings. The SMILES string of the molecule is CN(Cc1cnn(C)c1)c1ccc(C#N)c([N+](=O)[O-])c1. The molecule has 0 bridgehead atoms. The topological polar surface area (TPSA) is 88.0 Å². The summed E-state index contributed by atoms with van der Waals surface area (Å²) >= 11 is 0. The fourth-order valence-corrected chi connectivity index (χ4v) is 1.92. The van der Waals surface area contributed by atoms with Gasteiger partial charge in [0.2, 0.25) is 0 Å². The molecule has 0 saturated carbocycles. The summed E-state index contributed by atoms with van der Waals surface area (Å²) in [7, 11) is 3.66. The van der Waals surface area contributed by atoms with Gasteiger partial charge in [-0.05, 0) is 12.1 Å². The van der Waals surface area contributed by atoms with Gasteiger partial charge in [-0.1, -0.05) is 0 Å². The Morgan fingerprint density at radius 3 is 2.85 bits per heavy atom. The average molecular weight is 271 g/mol. The minimum absolute atomic E-state index is 0.0635. The molecule has 0 aliphatic heterocycles. The molecule has 1 heterocycles. The number of nitriles is 1. The molecule has 0 atom stereocenters. The number of nitro benzene ring substituents is 1. The molecule has 2 aromatic rings. The summed E-state index contributed by atoms with van der Waals surface area (Å²) in [5.74, 6) is 0. The van der Waals surface area contributed by atoms with Crippen LogP contribution in [0.1, 0.15) is 11.1 Å². The number of anilines is 1. The van der Waals surface area contributed by atoms with Crippen molar-refractivity contribution in [2.75, 3.05) is 11.9 Å². The van der Waals surface area contributed by atoms with Gasteiger partial charge in [-0.15, -0.1) is 0 Å². The van der Waals surface area contributed by atoms with Crippen molar-refractivity contribution in [1.82, 2.24) is 9.78 Å². The zero-order chi connectivity index (χ0) is 14.7. The summed E-state index contributed by atoms with van der Waals surface area (Å²) in [6.07, 6.45) is 3.63. The van der Waals surface area contributed by atoms with E-state index >= 15 is 0 Å². The van der Waals surface area contributed by atoms with Crippen LogP contribution in [-0.4, -0.2) is 21.8 Å². The van der Waals surface area contributed by atoms with E-state index < -0.39 is 4.92 Å². The van der Waals surface area contributed by atoms with E-state index in [1.54, 1.807) is 16.9 Å². The number of aryl methyl sites for hydroxylation is 1. The van der Waals surface area contributed by atoms with Gasteiger partial charge in [0.05, 0.1) is 11.1 Å². The average Bonchev–Trinajstić information content (AvgIpc) is 2.83. The molecule has 1 aromatic carbocycles. The van der Waals surface area contributed by atoms with E-state index in [1.165, 1.54) is 12.1 Å². The molecule has 0 radical (unpaired) electrons. The van der Waals surface area contributed by atoms with E-state index in [-0.39, 0.29) is 11.3 Å². The highest BCUT2D eigenvalue weighted by atomic mass is 16.6. The minimum Gasteiger partial charge on any atom is -0.370 e. The minimum atomic E-state index is -0.542. The summed E-state index contributed by atoms with van der Waals surface area (Å²) in [5, 5.41) is 23.9. The van der Waals surface area contributed by atoms with E-state index in [4.69, 9.17) is 5.26 Å². The van der Waals surface area contributed by atoms with Crippen molar-refractivity contribution < 1.29 is 4.92 Å². The zero-order valence-electron chi connectivity index (χ0n) is 11.1. The van der Waals surface area contributed by atoms with Crippen LogP contribution < -0.4 is 4.90 Å². The van der Waals surface area contributed by atoms with Crippen LogP contribution in [0.2, 0.25) is 0 Å². The lowest BCUT2D eigenvalue weighted by molar-refractivity contribution is -0.385. The van der Waals surface area contributed by atoms with Gasteiger partial charge >= 0.3 is 0 Å². The second kappa shape index (κ2) is 5.40. The molecule has 20 heavy (non-hydrogen) atoms. The Bertz CT molecular complexity index is 686. The van der Waals surface area contributed by atoms with Crippen LogP contribution in [0.3, 0.4) is 0 Å². The molecular formula is C13H13N5O2. The lowest BCUT2D eigenvalue weighted by Crippen LogP contribution is -2.16. The quantitative estimate of drug-likeness (QED) is 0.625. The van der Waals surface area contributed by atoms with Crippen molar-refractivity contribution in [3.8, 4) is 6.07 Å². The van der Waals surface area contributed by atoms with Gasteiger partial charge in [0.25, 0.3) is 5.69 Å². The fraction of sp³-hybridized carbons (Fsp3) is 0.231. The molecule has 2 rings (SSSR count). The molecule has 0 unspecified atom stereocenters. The number of nitrogens with zero attached hydrogens (tertiary/aromatic N) is 5. The lowest BCUT2D eigenvalue weighted by Gasteiger charge is -2.18. The highest BCUT2D eigenvalue weighted by molar-refractivity contribution is 5.60. The first-order valence-corrected chi connectivity index (χ1v) is 5.88. The number of benzene rings is 1. The monoisotopic (exact) mass is 271 g/mol. The molecule has 0 N–H and O–H groups in total. The predicted octanol–water partition coefficient (Wildman–Crippen LogP) is 1.84. The first-order valence-electron chi connectivity index (χ1n) is 5.88. The molecule has 1 aromatic heterocycles. The molecule has 7 heteroatoms. The fourth-order valence-electron chi connectivity index (χ4n) is 1.92. The van der Waals surface area contributed by atoms with Crippen LogP contribution >= 0.6 is 0 Å². The van der Waals surface area contributed by atoms with Crippen LogP contribution in [-0.2, 0) is 13.6 Å². The molecule has 0 amide bonds. The van der Waals surface area contributed by atoms with Crippen molar-refractivity contribution in [3.05, 3.63) is 51.8 Å². The lowest BCUT2D eigenvalue weighted by atomic mass is 10.1. The van der Waals surface area contributed by atoms with E-state index in [0.29, 0.717) is 12.2 Å². The largest absolute Gasteiger partial charge is 0.370 e. The Balaban J connectivity index is 2.26. The summed E-state index contributed by atoms with van der Waals surface area (Å²) in [6.45, 7) is 0.580. The highest BCUT2D eigenvalue weighted by Gasteiger charge is 2.16. The van der Waals surface area contributed by atoms with Crippen LogP contribution in [0.4, 0.5) is 11.4 Å². The molecule has 0 saturated heterocycles. The van der Waals surface area contributed by atoms with Crippen molar-refractivity contribution in [2.24, 2.45) is 7.05 Å². The van der Waals surface area contributed by atoms with Crippen molar-refractivity contribution in [3.63, 3.8) is 0 Å². The third-order valence-electron chi connectivity index (χ3n) is 2.92. The highest BCUT2D eigenvalue weighted by Crippen LogP contribution is 2.25. The molecule has 102 valence electrons. The predicted molar refractivity (Wildman–Crippen MR) is 73.1 cm³/mol. The van der Waals surface area contributed by atoms with Gasteiger partial charge in [0, 0.05) is 44.2 Å². The van der Waals surface area contributed by atoms with Gasteiger partial charge in [-0.2, -0.15) is 10.4 Å². The first kappa shape index (κ1) is 13.5. The van der Waals surface area contributed by atoms with Crippen LogP contribution in [0.15, 0.2) is 30.6 Å². The van der Waals surface area contributed by atoms with Crippen LogP contribution in [0, 0.1) is 21.4 Å². The first-order chi connectivity index (χ1) is 9.51. The Morgan fingerprint density at radius 1 is 1.55 bits per heavy atom. The summed E-state index contributed by atoms with van der Waals surface area (Å²) in [4.78, 5) is 12.3. The van der Waals surface area contributed by atoms with Gasteiger partial charge in [0.15, 0.2) is 0 Å². The van der Waals surface area contributed by atoms with Crippen molar-refractivity contribution in [1.29, 1.82) is 5.26 Å². The summed E-state index contributed by atoms with van der Waals surface area (Å²) in [5.41, 5.74) is 1.57. The Hall–Kier alpha value is -2.88. The molecule has 7 nitrogen and oxygen atoms in total. The third kappa shape index (κ3) is 2.75. The van der Waals surface area contributed by atoms with Gasteiger partial charge in [-0.25, -0.2) is 0 Å². The standard InChI is InChI=1S/C13H13N5O2/c1-16(8-10-7-15-17(2)9-10)12-4-3-11(6-14)13(5-12)18(19)20/h3-5,7,9H,8H2,1-2H3. The number of aromatic nitrogens is 2. The maximum Gasteiger partial charge on any atom is 0.289 e. The number of hydrogen-bond donors (Lipinski definition) is 0. The third-order valence-corrected chi connectivity index (χ3v) is 2.92. The molecule has 0 spiro atoms. The van der Waals surface area contributed by atoms with E-state index in [0.717, 1.165) is 5.56 Å². The number of nitro groups is 1. The van der Waals surface area contributed by atoms with Crippen molar-refractivity contribution in [2.45, 2.75) is 6.54 Å². The summed E-state index contributed by atoms with van der Waals surface area (Å²) in [6, 6.07) is 6.40.